The molecule has 10 nitrogen and oxygen atoms in total. The van der Waals surface area contributed by atoms with E-state index in [4.69, 9.17) is 14.2 Å². The number of thiophene rings is 1. The van der Waals surface area contributed by atoms with Crippen molar-refractivity contribution in [3.63, 3.8) is 0 Å². The summed E-state index contributed by atoms with van der Waals surface area (Å²) in [5, 5.41) is 0.276. The van der Waals surface area contributed by atoms with Crippen LogP contribution in [0.15, 0.2) is 29.3 Å². The predicted molar refractivity (Wildman–Crippen MR) is 120 cm³/mol. The molecule has 1 aliphatic heterocycles. The van der Waals surface area contributed by atoms with Gasteiger partial charge in [0.15, 0.2) is 12.4 Å². The third kappa shape index (κ3) is 4.24. The number of rotatable bonds is 7. The molecule has 0 N–H and O–H groups in total. The Morgan fingerprint density at radius 1 is 1.24 bits per heavy atom. The number of aromatic nitrogens is 2. The Morgan fingerprint density at radius 3 is 2.79 bits per heavy atom. The number of amides is 1. The summed E-state index contributed by atoms with van der Waals surface area (Å²) in [6.45, 7) is 1.71. The summed E-state index contributed by atoms with van der Waals surface area (Å²) >= 11 is 1.07. The molecular weight excluding hydrogens is 450 g/mol. The molecule has 1 aromatic carbocycles. The fraction of sp³-hybridized carbons (Fsp3) is 0.318. The molecular formula is C22H21N3O7S. The highest BCUT2D eigenvalue weighted by molar-refractivity contribution is 7.20. The Labute approximate surface area is 192 Å². The fourth-order valence-electron chi connectivity index (χ4n) is 3.44. The molecule has 11 heteroatoms. The maximum absolute atomic E-state index is 13.1. The molecule has 0 fully saturated rings. The van der Waals surface area contributed by atoms with E-state index in [1.807, 2.05) is 0 Å². The third-order valence-corrected chi connectivity index (χ3v) is 6.48. The number of carbonyl (C=O) groups is 3. The number of ether oxygens (including phenoxy) is 3. The topological polar surface area (TPSA) is 117 Å². The molecule has 0 spiro atoms. The van der Waals surface area contributed by atoms with Crippen molar-refractivity contribution in [2.45, 2.75) is 13.5 Å². The van der Waals surface area contributed by atoms with Crippen LogP contribution in [0.25, 0.3) is 10.2 Å². The van der Waals surface area contributed by atoms with Gasteiger partial charge >= 0.3 is 5.97 Å². The number of nitrogens with zero attached hydrogens (tertiary/aromatic N) is 3. The van der Waals surface area contributed by atoms with E-state index >= 15 is 0 Å². The van der Waals surface area contributed by atoms with Crippen LogP contribution in [0.4, 0.5) is 5.69 Å². The van der Waals surface area contributed by atoms with Gasteiger partial charge in [-0.25, -0.2) is 9.78 Å². The van der Waals surface area contributed by atoms with E-state index in [9.17, 15) is 19.2 Å². The van der Waals surface area contributed by atoms with Gasteiger partial charge in [-0.3, -0.25) is 19.0 Å². The highest BCUT2D eigenvalue weighted by Gasteiger charge is 2.24. The number of hydrogen-bond donors (Lipinski definition) is 0. The van der Waals surface area contributed by atoms with Crippen molar-refractivity contribution < 1.29 is 28.6 Å². The molecule has 1 amide bonds. The molecule has 33 heavy (non-hydrogen) atoms. The summed E-state index contributed by atoms with van der Waals surface area (Å²) in [6, 6.07) is 4.78. The molecule has 0 saturated carbocycles. The summed E-state index contributed by atoms with van der Waals surface area (Å²) in [7, 11) is 3.11. The average molecular weight is 471 g/mol. The first-order chi connectivity index (χ1) is 15.8. The Balaban J connectivity index is 1.61. The smallest absolute Gasteiger partial charge is 0.348 e. The predicted octanol–water partition coefficient (Wildman–Crippen LogP) is 1.81. The van der Waals surface area contributed by atoms with Crippen LogP contribution in [-0.4, -0.2) is 61.2 Å². The van der Waals surface area contributed by atoms with Crippen molar-refractivity contribution in [3.8, 4) is 5.75 Å². The zero-order chi connectivity index (χ0) is 23.7. The molecule has 0 unspecified atom stereocenters. The minimum absolute atomic E-state index is 0.0558. The number of benzene rings is 1. The maximum Gasteiger partial charge on any atom is 0.348 e. The first-order valence-corrected chi connectivity index (χ1v) is 10.8. The highest BCUT2D eigenvalue weighted by Crippen LogP contribution is 2.32. The standard InChI is InChI=1S/C22H21N3O7S/c1-12-18-20(33-19(12)22(29)31-7-6-30-3)23-11-25(21(18)28)9-15(26)13-4-5-16-14(8-13)24(2)17(27)10-32-16/h4-5,8,11H,6-7,9-10H2,1-3H3. The second kappa shape index (κ2) is 9.12. The molecule has 2 aromatic heterocycles. The fourth-order valence-corrected chi connectivity index (χ4v) is 4.47. The molecule has 0 saturated heterocycles. The molecule has 172 valence electrons. The van der Waals surface area contributed by atoms with E-state index in [0.29, 0.717) is 27.4 Å². The van der Waals surface area contributed by atoms with Gasteiger partial charge in [0.25, 0.3) is 11.5 Å². The lowest BCUT2D eigenvalue weighted by Gasteiger charge is -2.26. The molecule has 0 radical (unpaired) electrons. The molecule has 3 heterocycles. The quantitative estimate of drug-likeness (QED) is 0.291. The van der Waals surface area contributed by atoms with E-state index in [-0.39, 0.29) is 48.3 Å². The van der Waals surface area contributed by atoms with Crippen molar-refractivity contribution in [2.75, 3.05) is 38.9 Å². The second-order valence-electron chi connectivity index (χ2n) is 7.39. The van der Waals surface area contributed by atoms with Crippen LogP contribution in [0.3, 0.4) is 0 Å². The number of likely N-dealkylation sites (N-methyl/N-ethyl adjacent to an activating group) is 1. The minimum atomic E-state index is -0.551. The minimum Gasteiger partial charge on any atom is -0.482 e. The van der Waals surface area contributed by atoms with Gasteiger partial charge < -0.3 is 19.1 Å². The van der Waals surface area contributed by atoms with Crippen LogP contribution in [-0.2, 0) is 20.8 Å². The van der Waals surface area contributed by atoms with Crippen molar-refractivity contribution in [3.05, 3.63) is 50.9 Å². The van der Waals surface area contributed by atoms with Gasteiger partial charge in [0, 0.05) is 19.7 Å². The van der Waals surface area contributed by atoms with E-state index in [2.05, 4.69) is 4.98 Å². The summed E-state index contributed by atoms with van der Waals surface area (Å²) in [5.74, 6) is -0.598. The van der Waals surface area contributed by atoms with Crippen LogP contribution < -0.4 is 15.2 Å². The van der Waals surface area contributed by atoms with E-state index in [1.54, 1.807) is 32.2 Å². The monoisotopic (exact) mass is 471 g/mol. The summed E-state index contributed by atoms with van der Waals surface area (Å²) < 4.78 is 16.6. The van der Waals surface area contributed by atoms with E-state index in [0.717, 1.165) is 11.3 Å². The SMILES string of the molecule is COCCOC(=O)c1sc2ncn(CC(=O)c3ccc4c(c3)N(C)C(=O)CO4)c(=O)c2c1C. The average Bonchev–Trinajstić information content (AvgIpc) is 3.15. The maximum atomic E-state index is 13.1. The van der Waals surface area contributed by atoms with Crippen LogP contribution >= 0.6 is 11.3 Å². The lowest BCUT2D eigenvalue weighted by molar-refractivity contribution is -0.121. The van der Waals surface area contributed by atoms with Crippen molar-refractivity contribution in [2.24, 2.45) is 0 Å². The number of aryl methyl sites for hydroxylation is 1. The molecule has 4 rings (SSSR count). The highest BCUT2D eigenvalue weighted by atomic mass is 32.1. The lowest BCUT2D eigenvalue weighted by atomic mass is 10.1. The summed E-state index contributed by atoms with van der Waals surface area (Å²) in [6.07, 6.45) is 1.29. The molecule has 1 aliphatic rings. The first kappa shape index (κ1) is 22.6. The number of anilines is 1. The largest absolute Gasteiger partial charge is 0.482 e. The summed E-state index contributed by atoms with van der Waals surface area (Å²) in [4.78, 5) is 56.6. The lowest BCUT2D eigenvalue weighted by Crippen LogP contribution is -2.35. The molecule has 0 atom stereocenters. The van der Waals surface area contributed by atoms with E-state index < -0.39 is 11.5 Å². The Bertz CT molecular complexity index is 1330. The zero-order valence-corrected chi connectivity index (χ0v) is 19.1. The Morgan fingerprint density at radius 2 is 2.03 bits per heavy atom. The second-order valence-corrected chi connectivity index (χ2v) is 8.39. The molecule has 3 aromatic rings. The zero-order valence-electron chi connectivity index (χ0n) is 18.2. The van der Waals surface area contributed by atoms with Gasteiger partial charge in [0.2, 0.25) is 0 Å². The number of esters is 1. The number of fused-ring (bicyclic) bond motifs is 2. The number of Topliss-reactive ketones (excluding diaryl/α,β-unsaturated/α-hetero) is 1. The van der Waals surface area contributed by atoms with Crippen LogP contribution in [0, 0.1) is 6.92 Å². The van der Waals surface area contributed by atoms with Gasteiger partial charge in [-0.1, -0.05) is 0 Å². The van der Waals surface area contributed by atoms with Crippen molar-refractivity contribution >= 4 is 44.9 Å². The van der Waals surface area contributed by atoms with Gasteiger partial charge in [-0.2, -0.15) is 0 Å². The normalized spacial score (nSPS) is 13.1. The Kier molecular flexibility index (Phi) is 6.25. The summed E-state index contributed by atoms with van der Waals surface area (Å²) in [5.41, 5.74) is 0.855. The van der Waals surface area contributed by atoms with Gasteiger partial charge in [0.05, 0.1) is 30.6 Å². The van der Waals surface area contributed by atoms with Gasteiger partial charge in [-0.05, 0) is 30.7 Å². The number of hydrogen-bond acceptors (Lipinski definition) is 9. The number of ketones is 1. The van der Waals surface area contributed by atoms with Crippen molar-refractivity contribution in [1.29, 1.82) is 0 Å². The van der Waals surface area contributed by atoms with Crippen LogP contribution in [0.2, 0.25) is 0 Å². The first-order valence-electron chi connectivity index (χ1n) is 10.0. The van der Waals surface area contributed by atoms with Gasteiger partial charge in [-0.15, -0.1) is 11.3 Å². The number of carbonyl (C=O) groups excluding carboxylic acids is 3. The number of methoxy groups -OCH3 is 1. The molecule has 0 aliphatic carbocycles. The third-order valence-electron chi connectivity index (χ3n) is 5.30. The van der Waals surface area contributed by atoms with Crippen LogP contribution in [0.1, 0.15) is 25.6 Å². The van der Waals surface area contributed by atoms with E-state index in [1.165, 1.54) is 22.9 Å². The van der Waals surface area contributed by atoms with Gasteiger partial charge in [0.1, 0.15) is 22.1 Å². The molecule has 0 bridgehead atoms. The Hall–Kier alpha value is -3.57. The van der Waals surface area contributed by atoms with Crippen molar-refractivity contribution in [1.82, 2.24) is 9.55 Å². The van der Waals surface area contributed by atoms with Crippen LogP contribution in [0.5, 0.6) is 5.75 Å².